The Kier molecular flexibility index (Phi) is 6.17. The first-order chi connectivity index (χ1) is 15.3. The van der Waals surface area contributed by atoms with E-state index in [1.54, 1.807) is 24.4 Å². The van der Waals surface area contributed by atoms with Crippen molar-refractivity contribution in [1.29, 1.82) is 0 Å². The lowest BCUT2D eigenvalue weighted by molar-refractivity contribution is -0.151. The van der Waals surface area contributed by atoms with Crippen LogP contribution in [0.4, 0.5) is 21.6 Å². The fourth-order valence-electron chi connectivity index (χ4n) is 3.59. The van der Waals surface area contributed by atoms with Gasteiger partial charge in [0.2, 0.25) is 5.91 Å². The average molecular weight is 459 g/mol. The fraction of sp³-hybridized carbons (Fsp3) is 0.348. The highest BCUT2D eigenvalue weighted by molar-refractivity contribution is 6.30. The molecule has 1 saturated heterocycles. The van der Waals surface area contributed by atoms with Gasteiger partial charge in [0, 0.05) is 40.7 Å². The quantitative estimate of drug-likeness (QED) is 0.585. The zero-order chi connectivity index (χ0) is 22.9. The maximum absolute atomic E-state index is 14.5. The van der Waals surface area contributed by atoms with Gasteiger partial charge in [0.1, 0.15) is 11.6 Å². The van der Waals surface area contributed by atoms with Crippen molar-refractivity contribution >= 4 is 40.3 Å². The van der Waals surface area contributed by atoms with Gasteiger partial charge in [-0.3, -0.25) is 9.59 Å². The molecule has 2 aromatic heterocycles. The van der Waals surface area contributed by atoms with Crippen molar-refractivity contribution in [2.45, 2.75) is 33.1 Å². The Bertz CT molecular complexity index is 1180. The lowest BCUT2D eigenvalue weighted by Gasteiger charge is -2.36. The molecule has 1 fully saturated rings. The minimum atomic E-state index is -0.555. The van der Waals surface area contributed by atoms with Crippen LogP contribution >= 0.6 is 11.6 Å². The van der Waals surface area contributed by atoms with Gasteiger partial charge in [0.25, 0.3) is 5.56 Å². The molecule has 0 aromatic carbocycles. The maximum Gasteiger partial charge on any atom is 0.256 e. The highest BCUT2D eigenvalue weighted by Crippen LogP contribution is 2.33. The van der Waals surface area contributed by atoms with Crippen LogP contribution in [0.2, 0.25) is 0 Å². The number of anilines is 3. The van der Waals surface area contributed by atoms with Gasteiger partial charge in [-0.25, -0.2) is 9.37 Å². The molecule has 2 aliphatic rings. The Hall–Kier alpha value is -2.97. The summed E-state index contributed by atoms with van der Waals surface area (Å²) in [6.07, 6.45) is 4.22. The fourth-order valence-corrected chi connectivity index (χ4v) is 3.80. The molecule has 3 heterocycles. The molecule has 0 unspecified atom stereocenters. The normalized spacial score (nSPS) is 17.4. The molecule has 1 aliphatic heterocycles. The van der Waals surface area contributed by atoms with Crippen LogP contribution in [-0.2, 0) is 16.0 Å². The van der Waals surface area contributed by atoms with Gasteiger partial charge in [-0.15, -0.1) is 0 Å². The van der Waals surface area contributed by atoms with Gasteiger partial charge in [-0.1, -0.05) is 18.5 Å². The van der Waals surface area contributed by atoms with Crippen molar-refractivity contribution in [1.82, 2.24) is 9.97 Å². The SMILES string of the molecule is CCc1[nH]c(=O)c(C2=C(F)CCC(Cl)=C2)cc1Nc1ccnc(NC(=O)C2(C)COC2)c1. The minimum absolute atomic E-state index is 0.155. The Morgan fingerprint density at radius 3 is 2.81 bits per heavy atom. The van der Waals surface area contributed by atoms with E-state index >= 15 is 0 Å². The lowest BCUT2D eigenvalue weighted by Crippen LogP contribution is -2.49. The summed E-state index contributed by atoms with van der Waals surface area (Å²) in [5.41, 5.74) is 1.43. The van der Waals surface area contributed by atoms with Gasteiger partial charge in [-0.2, -0.15) is 0 Å². The van der Waals surface area contributed by atoms with Crippen LogP contribution in [0.15, 0.2) is 46.1 Å². The highest BCUT2D eigenvalue weighted by Gasteiger charge is 2.41. The molecule has 9 heteroatoms. The number of allylic oxidation sites excluding steroid dienone is 4. The van der Waals surface area contributed by atoms with Crippen molar-refractivity contribution in [3.05, 3.63) is 62.9 Å². The van der Waals surface area contributed by atoms with Gasteiger partial charge >= 0.3 is 0 Å². The number of hydrogen-bond acceptors (Lipinski definition) is 5. The third kappa shape index (κ3) is 4.47. The number of pyridine rings is 2. The molecule has 2 aromatic rings. The van der Waals surface area contributed by atoms with Gasteiger partial charge in [0.05, 0.1) is 29.9 Å². The summed E-state index contributed by atoms with van der Waals surface area (Å²) in [5, 5.41) is 6.58. The van der Waals surface area contributed by atoms with Crippen molar-refractivity contribution in [3.8, 4) is 0 Å². The Balaban J connectivity index is 1.63. The van der Waals surface area contributed by atoms with Crippen molar-refractivity contribution in [2.75, 3.05) is 23.8 Å². The van der Waals surface area contributed by atoms with Crippen LogP contribution in [0, 0.1) is 5.41 Å². The van der Waals surface area contributed by atoms with Crippen LogP contribution < -0.4 is 16.2 Å². The topological polar surface area (TPSA) is 96.1 Å². The number of amides is 1. The molecule has 3 N–H and O–H groups in total. The molecule has 1 aliphatic carbocycles. The van der Waals surface area contributed by atoms with Crippen molar-refractivity contribution < 1.29 is 13.9 Å². The summed E-state index contributed by atoms with van der Waals surface area (Å²) in [7, 11) is 0. The molecule has 0 saturated carbocycles. The van der Waals surface area contributed by atoms with Crippen LogP contribution in [0.25, 0.3) is 5.57 Å². The number of carbonyl (C=O) groups excluding carboxylic acids is 1. The second kappa shape index (κ2) is 8.88. The standard InChI is InChI=1S/C23H24ClFN4O3/c1-3-18-19(10-16(21(30)28-18)15-8-13(24)4-5-17(15)25)27-14-6-7-26-20(9-14)29-22(31)23(2)11-32-12-23/h6-10H,3-5,11-12H2,1-2H3,(H,28,30)(H2,26,27,29,31). The molecule has 168 valence electrons. The predicted molar refractivity (Wildman–Crippen MR) is 123 cm³/mol. The van der Waals surface area contributed by atoms with E-state index in [2.05, 4.69) is 20.6 Å². The number of aromatic amines is 1. The summed E-state index contributed by atoms with van der Waals surface area (Å²) in [4.78, 5) is 32.1. The van der Waals surface area contributed by atoms with Crippen LogP contribution in [0.5, 0.6) is 0 Å². The van der Waals surface area contributed by atoms with E-state index in [1.165, 1.54) is 6.08 Å². The number of aromatic nitrogens is 2. The number of halogens is 2. The van der Waals surface area contributed by atoms with E-state index in [-0.39, 0.29) is 34.9 Å². The largest absolute Gasteiger partial charge is 0.379 e. The predicted octanol–water partition coefficient (Wildman–Crippen LogP) is 4.65. The van der Waals surface area contributed by atoms with E-state index in [4.69, 9.17) is 16.3 Å². The van der Waals surface area contributed by atoms with Gasteiger partial charge in [-0.05, 0) is 38.0 Å². The van der Waals surface area contributed by atoms with E-state index < -0.39 is 5.41 Å². The number of H-pyrrole nitrogens is 1. The van der Waals surface area contributed by atoms with E-state index in [9.17, 15) is 14.0 Å². The minimum Gasteiger partial charge on any atom is -0.379 e. The smallest absolute Gasteiger partial charge is 0.256 e. The summed E-state index contributed by atoms with van der Waals surface area (Å²) < 4.78 is 19.6. The zero-order valence-electron chi connectivity index (χ0n) is 17.9. The molecule has 1 amide bonds. The molecule has 0 radical (unpaired) electrons. The van der Waals surface area contributed by atoms with Gasteiger partial charge < -0.3 is 20.4 Å². The van der Waals surface area contributed by atoms with E-state index in [0.29, 0.717) is 54.0 Å². The number of ether oxygens (including phenoxy) is 1. The summed E-state index contributed by atoms with van der Waals surface area (Å²) >= 11 is 6.10. The number of nitrogens with one attached hydrogen (secondary N) is 3. The zero-order valence-corrected chi connectivity index (χ0v) is 18.6. The molecule has 32 heavy (non-hydrogen) atoms. The maximum atomic E-state index is 14.5. The number of nitrogens with zero attached hydrogens (tertiary/aromatic N) is 1. The number of rotatable bonds is 6. The Morgan fingerprint density at radius 1 is 1.34 bits per heavy atom. The van der Waals surface area contributed by atoms with Crippen LogP contribution in [-0.4, -0.2) is 29.1 Å². The van der Waals surface area contributed by atoms with Crippen molar-refractivity contribution in [2.24, 2.45) is 5.41 Å². The molecular formula is C23H24ClFN4O3. The first-order valence-corrected chi connectivity index (χ1v) is 10.8. The van der Waals surface area contributed by atoms with Gasteiger partial charge in [0.15, 0.2) is 0 Å². The van der Waals surface area contributed by atoms with E-state index in [0.717, 1.165) is 0 Å². The number of carbonyl (C=O) groups is 1. The summed E-state index contributed by atoms with van der Waals surface area (Å²) in [5.74, 6) is -0.124. The Labute approximate surface area is 189 Å². The molecule has 0 spiro atoms. The van der Waals surface area contributed by atoms with Crippen molar-refractivity contribution in [3.63, 3.8) is 0 Å². The lowest BCUT2D eigenvalue weighted by atomic mass is 9.88. The second-order valence-corrected chi connectivity index (χ2v) is 8.72. The van der Waals surface area contributed by atoms with E-state index in [1.807, 2.05) is 13.8 Å². The molecule has 4 rings (SSSR count). The van der Waals surface area contributed by atoms with Crippen LogP contribution in [0.1, 0.15) is 37.9 Å². The second-order valence-electron chi connectivity index (χ2n) is 8.23. The molecule has 0 atom stereocenters. The first kappa shape index (κ1) is 22.2. The number of hydrogen-bond donors (Lipinski definition) is 3. The first-order valence-electron chi connectivity index (χ1n) is 10.4. The molecule has 7 nitrogen and oxygen atoms in total. The summed E-state index contributed by atoms with van der Waals surface area (Å²) in [6.45, 7) is 4.50. The molecular weight excluding hydrogens is 435 g/mol. The number of aryl methyl sites for hydroxylation is 1. The third-order valence-electron chi connectivity index (χ3n) is 5.61. The Morgan fingerprint density at radius 2 is 2.12 bits per heavy atom. The summed E-state index contributed by atoms with van der Waals surface area (Å²) in [6, 6.07) is 5.07. The third-order valence-corrected chi connectivity index (χ3v) is 5.91. The highest BCUT2D eigenvalue weighted by atomic mass is 35.5. The monoisotopic (exact) mass is 458 g/mol. The molecule has 0 bridgehead atoms. The van der Waals surface area contributed by atoms with Crippen LogP contribution in [0.3, 0.4) is 0 Å². The average Bonchev–Trinajstić information content (AvgIpc) is 2.75.